The normalized spacial score (nSPS) is 21.6. The minimum Gasteiger partial charge on any atom is -0.444 e. The number of fused-ring (bicyclic) bond motifs is 1. The lowest BCUT2D eigenvalue weighted by atomic mass is 10.00. The van der Waals surface area contributed by atoms with Crippen molar-refractivity contribution in [1.82, 2.24) is 20.1 Å². The fourth-order valence-electron chi connectivity index (χ4n) is 4.22. The van der Waals surface area contributed by atoms with E-state index < -0.39 is 5.60 Å². The van der Waals surface area contributed by atoms with Gasteiger partial charge in [-0.05, 0) is 64.3 Å². The topological polar surface area (TPSA) is 70.8 Å². The van der Waals surface area contributed by atoms with Crippen LogP contribution in [0.15, 0.2) is 22.6 Å². The molecule has 1 aromatic carbocycles. The second kappa shape index (κ2) is 8.94. The van der Waals surface area contributed by atoms with Crippen molar-refractivity contribution in [3.8, 4) is 0 Å². The Morgan fingerprint density at radius 1 is 1.23 bits per heavy atom. The number of piperidine rings is 1. The molecule has 2 fully saturated rings. The monoisotopic (exact) mass is 414 g/mol. The van der Waals surface area contributed by atoms with Gasteiger partial charge in [-0.3, -0.25) is 4.90 Å². The zero-order valence-corrected chi connectivity index (χ0v) is 18.4. The number of hydrogen-bond acceptors (Lipinski definition) is 6. The van der Waals surface area contributed by atoms with Gasteiger partial charge in [0, 0.05) is 45.2 Å². The molecule has 1 aromatic heterocycles. The van der Waals surface area contributed by atoms with Crippen LogP contribution in [-0.4, -0.2) is 65.7 Å². The molecule has 2 aromatic rings. The van der Waals surface area contributed by atoms with Gasteiger partial charge in [-0.15, -0.1) is 0 Å². The maximum absolute atomic E-state index is 12.4. The molecule has 2 saturated heterocycles. The summed E-state index contributed by atoms with van der Waals surface area (Å²) < 4.78 is 11.6. The number of oxazole rings is 1. The standard InChI is InChI=1S/C23H34N4O3/c1-23(2,3)30-22(28)27-11-5-10-26(12-13-27)16-17-7-8-20-19(14-17)25-21(29-20)18-6-4-9-24-15-18/h7-8,14,18,24H,4-6,9-13,15-16H2,1-3H3. The molecular weight excluding hydrogens is 380 g/mol. The molecule has 7 heteroatoms. The van der Waals surface area contributed by atoms with E-state index >= 15 is 0 Å². The van der Waals surface area contributed by atoms with Gasteiger partial charge >= 0.3 is 6.09 Å². The number of carbonyl (C=O) groups excluding carboxylic acids is 1. The highest BCUT2D eigenvalue weighted by Crippen LogP contribution is 2.27. The first-order valence-electron chi connectivity index (χ1n) is 11.2. The predicted molar refractivity (Wildman–Crippen MR) is 117 cm³/mol. The van der Waals surface area contributed by atoms with Crippen molar-refractivity contribution < 1.29 is 13.9 Å². The Hall–Kier alpha value is -2.12. The zero-order chi connectivity index (χ0) is 21.1. The summed E-state index contributed by atoms with van der Waals surface area (Å²) >= 11 is 0. The Balaban J connectivity index is 1.37. The lowest BCUT2D eigenvalue weighted by Gasteiger charge is -2.26. The molecule has 0 aliphatic carbocycles. The Labute approximate surface area is 178 Å². The lowest BCUT2D eigenvalue weighted by Crippen LogP contribution is -2.39. The van der Waals surface area contributed by atoms with Gasteiger partial charge < -0.3 is 19.4 Å². The number of rotatable bonds is 3. The number of hydrogen-bond donors (Lipinski definition) is 1. The molecule has 0 spiro atoms. The largest absolute Gasteiger partial charge is 0.444 e. The smallest absolute Gasteiger partial charge is 0.410 e. The average molecular weight is 415 g/mol. The minimum atomic E-state index is -0.456. The van der Waals surface area contributed by atoms with Crippen molar-refractivity contribution in [3.05, 3.63) is 29.7 Å². The number of ether oxygens (including phenoxy) is 1. The first kappa shape index (κ1) is 21.1. The van der Waals surface area contributed by atoms with Crippen LogP contribution in [0.4, 0.5) is 4.79 Å². The highest BCUT2D eigenvalue weighted by Gasteiger charge is 2.25. The number of amides is 1. The van der Waals surface area contributed by atoms with E-state index in [1.165, 1.54) is 12.0 Å². The summed E-state index contributed by atoms with van der Waals surface area (Å²) in [6, 6.07) is 6.32. The van der Waals surface area contributed by atoms with Crippen LogP contribution in [0.5, 0.6) is 0 Å². The summed E-state index contributed by atoms with van der Waals surface area (Å²) in [6.07, 6.45) is 3.04. The first-order valence-corrected chi connectivity index (χ1v) is 11.2. The van der Waals surface area contributed by atoms with Crippen LogP contribution in [0.3, 0.4) is 0 Å². The van der Waals surface area contributed by atoms with E-state index in [0.29, 0.717) is 12.5 Å². The predicted octanol–water partition coefficient (Wildman–Crippen LogP) is 3.74. The van der Waals surface area contributed by atoms with E-state index in [2.05, 4.69) is 22.3 Å². The van der Waals surface area contributed by atoms with Crippen LogP contribution in [0.1, 0.15) is 57.4 Å². The zero-order valence-electron chi connectivity index (χ0n) is 18.4. The molecule has 3 heterocycles. The van der Waals surface area contributed by atoms with Crippen molar-refractivity contribution >= 4 is 17.2 Å². The van der Waals surface area contributed by atoms with Crippen LogP contribution in [0.25, 0.3) is 11.1 Å². The molecular formula is C23H34N4O3. The number of nitrogens with zero attached hydrogens (tertiary/aromatic N) is 3. The van der Waals surface area contributed by atoms with Gasteiger partial charge in [0.25, 0.3) is 0 Å². The van der Waals surface area contributed by atoms with E-state index in [-0.39, 0.29) is 6.09 Å². The Morgan fingerprint density at radius 2 is 2.10 bits per heavy atom. The van der Waals surface area contributed by atoms with Crippen molar-refractivity contribution in [3.63, 3.8) is 0 Å². The fourth-order valence-corrected chi connectivity index (χ4v) is 4.22. The molecule has 1 N–H and O–H groups in total. The van der Waals surface area contributed by atoms with Gasteiger partial charge in [0.15, 0.2) is 11.5 Å². The molecule has 1 amide bonds. The summed E-state index contributed by atoms with van der Waals surface area (Å²) in [6.45, 7) is 11.9. The quantitative estimate of drug-likeness (QED) is 0.825. The fraction of sp³-hybridized carbons (Fsp3) is 0.652. The summed E-state index contributed by atoms with van der Waals surface area (Å²) in [5.41, 5.74) is 2.59. The number of benzene rings is 1. The van der Waals surface area contributed by atoms with Crippen molar-refractivity contribution in [2.24, 2.45) is 0 Å². The van der Waals surface area contributed by atoms with Gasteiger partial charge in [-0.2, -0.15) is 0 Å². The van der Waals surface area contributed by atoms with Gasteiger partial charge in [0.2, 0.25) is 0 Å². The second-order valence-electron chi connectivity index (χ2n) is 9.49. The summed E-state index contributed by atoms with van der Waals surface area (Å²) in [5.74, 6) is 1.23. The Bertz CT molecular complexity index is 867. The van der Waals surface area contributed by atoms with E-state index in [4.69, 9.17) is 14.1 Å². The summed E-state index contributed by atoms with van der Waals surface area (Å²) in [4.78, 5) is 21.4. The third-order valence-corrected chi connectivity index (χ3v) is 5.76. The molecule has 1 atom stereocenters. The highest BCUT2D eigenvalue weighted by atomic mass is 16.6. The van der Waals surface area contributed by atoms with Gasteiger partial charge in [0.05, 0.1) is 0 Å². The van der Waals surface area contributed by atoms with Crippen molar-refractivity contribution in [2.45, 2.75) is 58.1 Å². The first-order chi connectivity index (χ1) is 14.4. The van der Waals surface area contributed by atoms with Crippen LogP contribution in [-0.2, 0) is 11.3 Å². The maximum Gasteiger partial charge on any atom is 0.410 e. The molecule has 7 nitrogen and oxygen atoms in total. The van der Waals surface area contributed by atoms with Gasteiger partial charge in [0.1, 0.15) is 11.1 Å². The van der Waals surface area contributed by atoms with E-state index in [0.717, 1.165) is 69.1 Å². The average Bonchev–Trinajstić information content (AvgIpc) is 2.98. The van der Waals surface area contributed by atoms with Crippen LogP contribution in [0.2, 0.25) is 0 Å². The molecule has 164 valence electrons. The summed E-state index contributed by atoms with van der Waals surface area (Å²) in [5, 5.41) is 3.43. The van der Waals surface area contributed by atoms with Gasteiger partial charge in [-0.1, -0.05) is 6.07 Å². The molecule has 30 heavy (non-hydrogen) atoms. The van der Waals surface area contributed by atoms with Crippen LogP contribution < -0.4 is 5.32 Å². The maximum atomic E-state index is 12.4. The van der Waals surface area contributed by atoms with Crippen molar-refractivity contribution in [1.29, 1.82) is 0 Å². The molecule has 4 rings (SSSR count). The summed E-state index contributed by atoms with van der Waals surface area (Å²) in [7, 11) is 0. The molecule has 0 saturated carbocycles. The van der Waals surface area contributed by atoms with E-state index in [1.54, 1.807) is 0 Å². The second-order valence-corrected chi connectivity index (χ2v) is 9.49. The molecule has 2 aliphatic heterocycles. The Morgan fingerprint density at radius 3 is 2.87 bits per heavy atom. The molecule has 1 unspecified atom stereocenters. The van der Waals surface area contributed by atoms with E-state index in [1.807, 2.05) is 31.7 Å². The molecule has 0 radical (unpaired) electrons. The Kier molecular flexibility index (Phi) is 6.29. The molecule has 2 aliphatic rings. The molecule has 0 bridgehead atoms. The SMILES string of the molecule is CC(C)(C)OC(=O)N1CCCN(Cc2ccc3oc(C4CCCNC4)nc3c2)CC1. The van der Waals surface area contributed by atoms with Crippen LogP contribution >= 0.6 is 0 Å². The minimum absolute atomic E-state index is 0.210. The highest BCUT2D eigenvalue weighted by molar-refractivity contribution is 5.73. The number of nitrogens with one attached hydrogen (secondary N) is 1. The van der Waals surface area contributed by atoms with Crippen molar-refractivity contribution in [2.75, 3.05) is 39.3 Å². The van der Waals surface area contributed by atoms with E-state index in [9.17, 15) is 4.79 Å². The van der Waals surface area contributed by atoms with Gasteiger partial charge in [-0.25, -0.2) is 9.78 Å². The third kappa shape index (κ3) is 5.32. The lowest BCUT2D eigenvalue weighted by molar-refractivity contribution is 0.0257. The number of aromatic nitrogens is 1. The number of carbonyl (C=O) groups is 1. The third-order valence-electron chi connectivity index (χ3n) is 5.76. The van der Waals surface area contributed by atoms with Crippen LogP contribution in [0, 0.1) is 0 Å².